The lowest BCUT2D eigenvalue weighted by molar-refractivity contribution is 0.242. The smallest absolute Gasteiger partial charge is 0.115 e. The van der Waals surface area contributed by atoms with Gasteiger partial charge >= 0.3 is 0 Å². The van der Waals surface area contributed by atoms with Gasteiger partial charge in [0.1, 0.15) is 18.0 Å². The van der Waals surface area contributed by atoms with Crippen molar-refractivity contribution in [2.24, 2.45) is 0 Å². The van der Waals surface area contributed by atoms with Crippen LogP contribution in [0, 0.1) is 0 Å². The highest BCUT2D eigenvalue weighted by Gasteiger charge is 2.39. The Labute approximate surface area is 70.2 Å². The molecule has 2 unspecified atom stereocenters. The zero-order chi connectivity index (χ0) is 8.55. The van der Waals surface area contributed by atoms with Crippen LogP contribution in [-0.4, -0.2) is 22.9 Å². The second-order valence-electron chi connectivity index (χ2n) is 2.87. The Hall–Kier alpha value is -1.06. The average molecular weight is 166 g/mol. The number of hydrogen-bond donors (Lipinski definition) is 2. The van der Waals surface area contributed by atoms with Crippen LogP contribution in [0.25, 0.3) is 0 Å². The second kappa shape index (κ2) is 2.77. The number of ether oxygens (including phenoxy) is 1. The molecule has 2 N–H and O–H groups in total. The van der Waals surface area contributed by atoms with Crippen molar-refractivity contribution < 1.29 is 14.9 Å². The molecule has 3 heteroatoms. The highest BCUT2D eigenvalue weighted by Crippen LogP contribution is 2.38. The molecule has 2 rings (SSSR count). The van der Waals surface area contributed by atoms with Crippen LogP contribution in [0.15, 0.2) is 24.3 Å². The fourth-order valence-electron chi connectivity index (χ4n) is 1.28. The fourth-order valence-corrected chi connectivity index (χ4v) is 1.28. The summed E-state index contributed by atoms with van der Waals surface area (Å²) in [5, 5.41) is 17.9. The molecule has 0 bridgehead atoms. The van der Waals surface area contributed by atoms with Gasteiger partial charge in [-0.15, -0.1) is 0 Å². The fraction of sp³-hybridized carbons (Fsp3) is 0.333. The molecule has 1 heterocycles. The summed E-state index contributed by atoms with van der Waals surface area (Å²) in [7, 11) is 0. The van der Waals surface area contributed by atoms with Crippen molar-refractivity contribution in [1.82, 2.24) is 0 Å². The van der Waals surface area contributed by atoms with Crippen molar-refractivity contribution in [3.63, 3.8) is 0 Å². The summed E-state index contributed by atoms with van der Waals surface area (Å²) < 4.78 is 5.15. The lowest BCUT2D eigenvalue weighted by Gasteiger charge is -1.95. The molecule has 1 aromatic rings. The van der Waals surface area contributed by atoms with E-state index >= 15 is 0 Å². The number of rotatable bonds is 2. The molecule has 0 radical (unpaired) electrons. The number of aliphatic hydroxyl groups excluding tert-OH is 1. The highest BCUT2D eigenvalue weighted by molar-refractivity contribution is 5.31. The molecule has 2 atom stereocenters. The third-order valence-electron chi connectivity index (χ3n) is 1.96. The first-order valence-corrected chi connectivity index (χ1v) is 3.86. The lowest BCUT2D eigenvalue weighted by Crippen LogP contribution is -1.93. The van der Waals surface area contributed by atoms with Crippen LogP contribution in [0.3, 0.4) is 0 Å². The first-order chi connectivity index (χ1) is 5.81. The van der Waals surface area contributed by atoms with E-state index in [0.29, 0.717) is 0 Å². The maximum Gasteiger partial charge on any atom is 0.115 e. The number of hydrogen-bond acceptors (Lipinski definition) is 3. The van der Waals surface area contributed by atoms with Crippen LogP contribution in [0.2, 0.25) is 0 Å². The summed E-state index contributed by atoms with van der Waals surface area (Å²) >= 11 is 0. The minimum atomic E-state index is -0.0770. The van der Waals surface area contributed by atoms with E-state index < -0.39 is 0 Å². The lowest BCUT2D eigenvalue weighted by atomic mass is 10.1. The van der Waals surface area contributed by atoms with Gasteiger partial charge in [0.2, 0.25) is 0 Å². The van der Waals surface area contributed by atoms with Gasteiger partial charge < -0.3 is 14.9 Å². The molecular weight excluding hydrogens is 156 g/mol. The Morgan fingerprint density at radius 2 is 2.25 bits per heavy atom. The van der Waals surface area contributed by atoms with Gasteiger partial charge in [-0.25, -0.2) is 0 Å². The van der Waals surface area contributed by atoms with Crippen LogP contribution in [0.4, 0.5) is 0 Å². The maximum absolute atomic E-state index is 9.13. The van der Waals surface area contributed by atoms with E-state index in [1.54, 1.807) is 18.2 Å². The molecule has 12 heavy (non-hydrogen) atoms. The molecule has 1 aromatic carbocycles. The molecule has 0 amide bonds. The molecule has 64 valence electrons. The number of aliphatic hydroxyl groups is 1. The Balaban J connectivity index is 2.14. The zero-order valence-corrected chi connectivity index (χ0v) is 6.47. The largest absolute Gasteiger partial charge is 0.508 e. The summed E-state index contributed by atoms with van der Waals surface area (Å²) in [6.45, 7) is 0.0420. The van der Waals surface area contributed by atoms with Crippen molar-refractivity contribution in [3.8, 4) is 5.75 Å². The van der Waals surface area contributed by atoms with E-state index in [4.69, 9.17) is 14.9 Å². The topological polar surface area (TPSA) is 53.0 Å². The minimum absolute atomic E-state index is 0.0258. The molecule has 1 aliphatic rings. The molecule has 1 fully saturated rings. The quantitative estimate of drug-likeness (QED) is 0.639. The molecular formula is C9H10O3. The van der Waals surface area contributed by atoms with Gasteiger partial charge in [0.25, 0.3) is 0 Å². The molecule has 0 aromatic heterocycles. The molecule has 3 nitrogen and oxygen atoms in total. The third-order valence-corrected chi connectivity index (χ3v) is 1.96. The van der Waals surface area contributed by atoms with Gasteiger partial charge in [-0.3, -0.25) is 0 Å². The van der Waals surface area contributed by atoms with Crippen LogP contribution >= 0.6 is 0 Å². The van der Waals surface area contributed by atoms with Gasteiger partial charge in [0, 0.05) is 0 Å². The summed E-state index contributed by atoms with van der Waals surface area (Å²) in [6, 6.07) is 6.90. The van der Waals surface area contributed by atoms with E-state index in [1.807, 2.05) is 6.07 Å². The van der Waals surface area contributed by atoms with Gasteiger partial charge in [-0.2, -0.15) is 0 Å². The van der Waals surface area contributed by atoms with Gasteiger partial charge in [0.15, 0.2) is 0 Å². The normalized spacial score (nSPS) is 27.1. The maximum atomic E-state index is 9.13. The minimum Gasteiger partial charge on any atom is -0.508 e. The van der Waals surface area contributed by atoms with Gasteiger partial charge in [0.05, 0.1) is 6.61 Å². The van der Waals surface area contributed by atoms with Crippen LogP contribution < -0.4 is 0 Å². The molecule has 0 aliphatic carbocycles. The number of benzene rings is 1. The predicted octanol–water partition coefficient (Wildman–Crippen LogP) is 0.824. The Bertz CT molecular complexity index is 285. The van der Waals surface area contributed by atoms with Gasteiger partial charge in [-0.1, -0.05) is 12.1 Å². The first kappa shape index (κ1) is 7.58. The summed E-state index contributed by atoms with van der Waals surface area (Å²) in [5.41, 5.74) is 0.925. The monoisotopic (exact) mass is 166 g/mol. The first-order valence-electron chi connectivity index (χ1n) is 3.86. The molecule has 1 aliphatic heterocycles. The van der Waals surface area contributed by atoms with Crippen molar-refractivity contribution >= 4 is 0 Å². The number of phenolic OH excluding ortho intramolecular Hbond substituents is 1. The molecule has 0 saturated carbocycles. The van der Waals surface area contributed by atoms with Crippen molar-refractivity contribution in [1.29, 1.82) is 0 Å². The molecule has 1 saturated heterocycles. The van der Waals surface area contributed by atoms with Crippen molar-refractivity contribution in [3.05, 3.63) is 29.8 Å². The van der Waals surface area contributed by atoms with E-state index in [2.05, 4.69) is 0 Å². The van der Waals surface area contributed by atoms with Gasteiger partial charge in [-0.05, 0) is 17.7 Å². The standard InChI is InChI=1S/C9H10O3/c10-5-8-9(12-8)6-2-1-3-7(11)4-6/h1-4,8-11H,5H2. The molecule has 0 spiro atoms. The van der Waals surface area contributed by atoms with E-state index in [1.165, 1.54) is 0 Å². The Morgan fingerprint density at radius 3 is 2.83 bits per heavy atom. The zero-order valence-electron chi connectivity index (χ0n) is 6.47. The van der Waals surface area contributed by atoms with E-state index in [0.717, 1.165) is 5.56 Å². The number of epoxide rings is 1. The summed E-state index contributed by atoms with van der Waals surface area (Å²) in [4.78, 5) is 0. The van der Waals surface area contributed by atoms with Crippen molar-refractivity contribution in [2.75, 3.05) is 6.61 Å². The van der Waals surface area contributed by atoms with Crippen molar-refractivity contribution in [2.45, 2.75) is 12.2 Å². The van der Waals surface area contributed by atoms with Crippen LogP contribution in [-0.2, 0) is 4.74 Å². The van der Waals surface area contributed by atoms with E-state index in [9.17, 15) is 0 Å². The summed E-state index contributed by atoms with van der Waals surface area (Å²) in [6.07, 6.45) is -0.103. The van der Waals surface area contributed by atoms with Crippen LogP contribution in [0.1, 0.15) is 11.7 Å². The highest BCUT2D eigenvalue weighted by atomic mass is 16.6. The number of phenols is 1. The second-order valence-corrected chi connectivity index (χ2v) is 2.87. The summed E-state index contributed by atoms with van der Waals surface area (Å²) in [5.74, 6) is 0.236. The van der Waals surface area contributed by atoms with E-state index in [-0.39, 0.29) is 24.6 Å². The predicted molar refractivity (Wildman–Crippen MR) is 42.8 cm³/mol. The average Bonchev–Trinajstić information content (AvgIpc) is 2.83. The Kier molecular flexibility index (Phi) is 1.75. The third kappa shape index (κ3) is 1.29. The van der Waals surface area contributed by atoms with Crippen LogP contribution in [0.5, 0.6) is 5.75 Å². The SMILES string of the molecule is OCC1OC1c1cccc(O)c1. The number of aromatic hydroxyl groups is 1. The Morgan fingerprint density at radius 1 is 1.42 bits per heavy atom.